The predicted octanol–water partition coefficient (Wildman–Crippen LogP) is 4.19. The highest BCUT2D eigenvalue weighted by molar-refractivity contribution is 9.10. The fourth-order valence-corrected chi connectivity index (χ4v) is 2.69. The van der Waals surface area contributed by atoms with E-state index in [1.807, 2.05) is 42.5 Å². The van der Waals surface area contributed by atoms with Gasteiger partial charge in [0.25, 0.3) is 0 Å². The minimum absolute atomic E-state index is 0.633. The summed E-state index contributed by atoms with van der Waals surface area (Å²) in [5.41, 5.74) is 10.2. The Labute approximate surface area is 126 Å². The molecule has 0 radical (unpaired) electrons. The molecule has 2 aromatic carbocycles. The average molecular weight is 328 g/mol. The first-order valence-electron chi connectivity index (χ1n) is 6.32. The van der Waals surface area contributed by atoms with Gasteiger partial charge in [0.15, 0.2) is 0 Å². The third-order valence-electron chi connectivity index (χ3n) is 3.20. The minimum atomic E-state index is 0.633. The minimum Gasteiger partial charge on any atom is -0.384 e. The summed E-state index contributed by atoms with van der Waals surface area (Å²) in [5.74, 6) is 0.633. The fraction of sp³-hybridized carbons (Fsp3) is 0.0625. The number of nitrogens with two attached hydrogens (primary N) is 1. The Balaban J connectivity index is 2.09. The molecule has 2 N–H and O–H groups in total. The molecule has 3 aromatic rings. The lowest BCUT2D eigenvalue weighted by Crippen LogP contribution is -2.01. The molecular formula is C16H14BrN3. The molecule has 0 saturated carbocycles. The summed E-state index contributed by atoms with van der Waals surface area (Å²) in [7, 11) is 0. The van der Waals surface area contributed by atoms with E-state index in [4.69, 9.17) is 5.73 Å². The summed E-state index contributed by atoms with van der Waals surface area (Å²) in [4.78, 5) is 0. The highest BCUT2D eigenvalue weighted by Gasteiger charge is 2.10. The predicted molar refractivity (Wildman–Crippen MR) is 85.8 cm³/mol. The van der Waals surface area contributed by atoms with Crippen molar-refractivity contribution >= 4 is 21.7 Å². The first kappa shape index (κ1) is 12.9. The van der Waals surface area contributed by atoms with Crippen LogP contribution < -0.4 is 5.73 Å². The normalized spacial score (nSPS) is 10.7. The van der Waals surface area contributed by atoms with E-state index in [1.165, 1.54) is 0 Å². The zero-order valence-electron chi connectivity index (χ0n) is 11.0. The van der Waals surface area contributed by atoms with Crippen molar-refractivity contribution in [3.05, 3.63) is 64.6 Å². The monoisotopic (exact) mass is 327 g/mol. The van der Waals surface area contributed by atoms with E-state index in [1.54, 1.807) is 4.68 Å². The van der Waals surface area contributed by atoms with Gasteiger partial charge in [-0.15, -0.1) is 0 Å². The lowest BCUT2D eigenvalue weighted by atomic mass is 10.1. The first-order valence-corrected chi connectivity index (χ1v) is 7.12. The second-order valence-electron chi connectivity index (χ2n) is 4.66. The highest BCUT2D eigenvalue weighted by atomic mass is 79.9. The molecular weight excluding hydrogens is 314 g/mol. The van der Waals surface area contributed by atoms with Crippen LogP contribution in [-0.4, -0.2) is 9.78 Å². The molecule has 0 bridgehead atoms. The molecule has 1 heterocycles. The lowest BCUT2D eigenvalue weighted by Gasteiger charge is -2.04. The average Bonchev–Trinajstić information content (AvgIpc) is 2.81. The van der Waals surface area contributed by atoms with Crippen LogP contribution in [0, 0.1) is 6.92 Å². The van der Waals surface area contributed by atoms with Crippen LogP contribution in [0.2, 0.25) is 0 Å². The van der Waals surface area contributed by atoms with Gasteiger partial charge in [0.2, 0.25) is 0 Å². The molecule has 0 aliphatic carbocycles. The Morgan fingerprint density at radius 1 is 1.05 bits per heavy atom. The number of halogens is 1. The summed E-state index contributed by atoms with van der Waals surface area (Å²) < 4.78 is 2.82. The van der Waals surface area contributed by atoms with Gasteiger partial charge in [0.05, 0.1) is 11.4 Å². The van der Waals surface area contributed by atoms with Gasteiger partial charge in [-0.2, -0.15) is 5.10 Å². The first-order chi connectivity index (χ1) is 9.65. The largest absolute Gasteiger partial charge is 0.384 e. The number of benzene rings is 2. The van der Waals surface area contributed by atoms with E-state index in [0.29, 0.717) is 5.82 Å². The van der Waals surface area contributed by atoms with Crippen molar-refractivity contribution in [3.63, 3.8) is 0 Å². The summed E-state index contributed by atoms with van der Waals surface area (Å²) in [6.45, 7) is 2.07. The number of hydrogen-bond acceptors (Lipinski definition) is 2. The number of nitrogens with zero attached hydrogens (tertiary/aromatic N) is 2. The lowest BCUT2D eigenvalue weighted by molar-refractivity contribution is 0.895. The van der Waals surface area contributed by atoms with Gasteiger partial charge >= 0.3 is 0 Å². The molecule has 0 aliphatic heterocycles. The van der Waals surface area contributed by atoms with E-state index < -0.39 is 0 Å². The van der Waals surface area contributed by atoms with E-state index in [0.717, 1.165) is 27.0 Å². The fourth-order valence-electron chi connectivity index (χ4n) is 2.22. The van der Waals surface area contributed by atoms with E-state index in [2.05, 4.69) is 40.1 Å². The number of para-hydroxylation sites is 1. The molecule has 0 amide bonds. The Hall–Kier alpha value is -2.07. The topological polar surface area (TPSA) is 43.8 Å². The van der Waals surface area contributed by atoms with Crippen molar-refractivity contribution in [1.29, 1.82) is 0 Å². The van der Waals surface area contributed by atoms with Crippen molar-refractivity contribution in [3.8, 4) is 16.9 Å². The molecule has 3 rings (SSSR count). The van der Waals surface area contributed by atoms with Gasteiger partial charge in [-0.25, -0.2) is 4.68 Å². The van der Waals surface area contributed by atoms with Crippen LogP contribution in [0.3, 0.4) is 0 Å². The second kappa shape index (κ2) is 5.13. The number of nitrogen functional groups attached to an aromatic ring is 1. The number of hydrogen-bond donors (Lipinski definition) is 1. The van der Waals surface area contributed by atoms with E-state index in [-0.39, 0.29) is 0 Å². The molecule has 3 nitrogen and oxygen atoms in total. The maximum atomic E-state index is 6.08. The van der Waals surface area contributed by atoms with Crippen molar-refractivity contribution < 1.29 is 0 Å². The summed E-state index contributed by atoms with van der Waals surface area (Å²) in [5, 5.41) is 4.62. The van der Waals surface area contributed by atoms with Crippen LogP contribution in [0.15, 0.2) is 59.1 Å². The highest BCUT2D eigenvalue weighted by Crippen LogP contribution is 2.27. The maximum Gasteiger partial charge on any atom is 0.127 e. The molecule has 100 valence electrons. The van der Waals surface area contributed by atoms with Gasteiger partial charge in [-0.05, 0) is 36.8 Å². The van der Waals surface area contributed by atoms with Crippen molar-refractivity contribution in [2.45, 2.75) is 6.92 Å². The standard InChI is InChI=1S/C16H14BrN3/c1-11-9-12(17)7-8-14(11)15-10-16(18)20(19-15)13-5-3-2-4-6-13/h2-10H,18H2,1H3. The van der Waals surface area contributed by atoms with Crippen LogP contribution in [0.25, 0.3) is 16.9 Å². The third-order valence-corrected chi connectivity index (χ3v) is 3.70. The van der Waals surface area contributed by atoms with Gasteiger partial charge in [-0.3, -0.25) is 0 Å². The van der Waals surface area contributed by atoms with Crippen LogP contribution >= 0.6 is 15.9 Å². The SMILES string of the molecule is Cc1cc(Br)ccc1-c1cc(N)n(-c2ccccc2)n1. The van der Waals surface area contributed by atoms with Crippen LogP contribution in [0.5, 0.6) is 0 Å². The van der Waals surface area contributed by atoms with E-state index in [9.17, 15) is 0 Å². The molecule has 0 atom stereocenters. The van der Waals surface area contributed by atoms with Crippen molar-refractivity contribution in [2.24, 2.45) is 0 Å². The van der Waals surface area contributed by atoms with Gasteiger partial charge < -0.3 is 5.73 Å². The molecule has 20 heavy (non-hydrogen) atoms. The molecule has 0 fully saturated rings. The molecule has 0 saturated heterocycles. The van der Waals surface area contributed by atoms with Crippen molar-refractivity contribution in [2.75, 3.05) is 5.73 Å². The summed E-state index contributed by atoms with van der Waals surface area (Å²) in [6, 6.07) is 17.9. The smallest absolute Gasteiger partial charge is 0.127 e. The Kier molecular flexibility index (Phi) is 3.32. The maximum absolute atomic E-state index is 6.08. The Morgan fingerprint density at radius 2 is 1.80 bits per heavy atom. The molecule has 0 unspecified atom stereocenters. The quantitative estimate of drug-likeness (QED) is 0.766. The molecule has 4 heteroatoms. The molecule has 1 aromatic heterocycles. The van der Waals surface area contributed by atoms with Crippen molar-refractivity contribution in [1.82, 2.24) is 9.78 Å². The second-order valence-corrected chi connectivity index (χ2v) is 5.58. The Bertz CT molecular complexity index is 748. The Morgan fingerprint density at radius 3 is 2.50 bits per heavy atom. The number of aromatic nitrogens is 2. The summed E-state index contributed by atoms with van der Waals surface area (Å²) in [6.07, 6.45) is 0. The van der Waals surface area contributed by atoms with Gasteiger partial charge in [-0.1, -0.05) is 40.2 Å². The molecule has 0 aliphatic rings. The molecule has 0 spiro atoms. The zero-order valence-corrected chi connectivity index (χ0v) is 12.6. The third kappa shape index (κ3) is 2.34. The number of rotatable bonds is 2. The van der Waals surface area contributed by atoms with Crippen LogP contribution in [0.4, 0.5) is 5.82 Å². The number of anilines is 1. The number of aryl methyl sites for hydroxylation is 1. The zero-order chi connectivity index (χ0) is 14.1. The van der Waals surface area contributed by atoms with Gasteiger partial charge in [0, 0.05) is 16.1 Å². The van der Waals surface area contributed by atoms with Gasteiger partial charge in [0.1, 0.15) is 5.82 Å². The van der Waals surface area contributed by atoms with Crippen LogP contribution in [0.1, 0.15) is 5.56 Å². The summed E-state index contributed by atoms with van der Waals surface area (Å²) >= 11 is 3.47. The van der Waals surface area contributed by atoms with E-state index >= 15 is 0 Å². The van der Waals surface area contributed by atoms with Crippen LogP contribution in [-0.2, 0) is 0 Å².